The Morgan fingerprint density at radius 3 is 3.00 bits per heavy atom. The van der Waals surface area contributed by atoms with E-state index < -0.39 is 5.82 Å². The molecular formula is C18H13FN6O2. The smallest absolute Gasteiger partial charge is 0.259 e. The number of amides is 1. The lowest BCUT2D eigenvalue weighted by Gasteiger charge is -2.05. The molecular weight excluding hydrogens is 351 g/mol. The molecule has 0 atom stereocenters. The Hall–Kier alpha value is -3.88. The van der Waals surface area contributed by atoms with Gasteiger partial charge in [-0.25, -0.2) is 9.37 Å². The molecule has 4 rings (SSSR count). The number of carbonyl (C=O) groups excluding carboxylic acids is 1. The molecule has 3 aromatic heterocycles. The van der Waals surface area contributed by atoms with Gasteiger partial charge in [-0.3, -0.25) is 9.78 Å². The molecule has 0 saturated carbocycles. The highest BCUT2D eigenvalue weighted by molar-refractivity contribution is 5.90. The third kappa shape index (κ3) is 3.87. The van der Waals surface area contributed by atoms with E-state index in [2.05, 4.69) is 25.4 Å². The van der Waals surface area contributed by atoms with E-state index in [1.54, 1.807) is 41.4 Å². The first kappa shape index (κ1) is 16.6. The van der Waals surface area contributed by atoms with E-state index in [1.165, 1.54) is 24.5 Å². The van der Waals surface area contributed by atoms with E-state index in [4.69, 9.17) is 4.52 Å². The number of halogens is 1. The first-order valence-electron chi connectivity index (χ1n) is 7.99. The Bertz CT molecular complexity index is 1080. The number of imidazole rings is 1. The SMILES string of the molecule is O=C(Cn1cnc(-c2noc(-c3cccnc3)n2)c1)Nc1cccc(F)c1. The minimum absolute atomic E-state index is 0.0107. The van der Waals surface area contributed by atoms with Gasteiger partial charge in [0.05, 0.1) is 11.9 Å². The number of hydrogen-bond acceptors (Lipinski definition) is 6. The Balaban J connectivity index is 1.44. The Labute approximate surface area is 152 Å². The summed E-state index contributed by atoms with van der Waals surface area (Å²) >= 11 is 0. The zero-order valence-corrected chi connectivity index (χ0v) is 13.9. The van der Waals surface area contributed by atoms with Crippen LogP contribution in [0.5, 0.6) is 0 Å². The van der Waals surface area contributed by atoms with Crippen molar-refractivity contribution in [3.8, 4) is 23.0 Å². The maximum atomic E-state index is 13.2. The molecule has 1 N–H and O–H groups in total. The quantitative estimate of drug-likeness (QED) is 0.585. The van der Waals surface area contributed by atoms with Crippen LogP contribution in [0.1, 0.15) is 0 Å². The molecule has 0 saturated heterocycles. The molecule has 0 aliphatic heterocycles. The number of hydrogen-bond donors (Lipinski definition) is 1. The summed E-state index contributed by atoms with van der Waals surface area (Å²) in [4.78, 5) is 24.6. The van der Waals surface area contributed by atoms with Crippen molar-refractivity contribution in [1.82, 2.24) is 24.7 Å². The van der Waals surface area contributed by atoms with Gasteiger partial charge in [-0.1, -0.05) is 11.2 Å². The van der Waals surface area contributed by atoms with Crippen molar-refractivity contribution >= 4 is 11.6 Å². The van der Waals surface area contributed by atoms with E-state index in [9.17, 15) is 9.18 Å². The lowest BCUT2D eigenvalue weighted by atomic mass is 10.3. The minimum Gasteiger partial charge on any atom is -0.333 e. The number of pyridine rings is 1. The van der Waals surface area contributed by atoms with Crippen molar-refractivity contribution < 1.29 is 13.7 Å². The van der Waals surface area contributed by atoms with Gasteiger partial charge in [-0.2, -0.15) is 4.98 Å². The highest BCUT2D eigenvalue weighted by Crippen LogP contribution is 2.20. The van der Waals surface area contributed by atoms with Gasteiger partial charge in [0.1, 0.15) is 18.1 Å². The van der Waals surface area contributed by atoms with Gasteiger partial charge in [0.15, 0.2) is 0 Å². The van der Waals surface area contributed by atoms with Crippen LogP contribution in [0.25, 0.3) is 23.0 Å². The molecule has 0 radical (unpaired) electrons. The summed E-state index contributed by atoms with van der Waals surface area (Å²) in [5.41, 5.74) is 1.55. The predicted molar refractivity (Wildman–Crippen MR) is 93.8 cm³/mol. The van der Waals surface area contributed by atoms with Crippen LogP contribution in [-0.2, 0) is 11.3 Å². The predicted octanol–water partition coefficient (Wildman–Crippen LogP) is 2.77. The molecule has 0 fully saturated rings. The maximum absolute atomic E-state index is 13.2. The summed E-state index contributed by atoms with van der Waals surface area (Å²) in [5.74, 6) is -0.0948. The van der Waals surface area contributed by atoms with E-state index in [0.717, 1.165) is 0 Å². The highest BCUT2D eigenvalue weighted by Gasteiger charge is 2.14. The number of rotatable bonds is 5. The second kappa shape index (κ2) is 7.16. The van der Waals surface area contributed by atoms with Crippen molar-refractivity contribution in [3.63, 3.8) is 0 Å². The molecule has 0 bridgehead atoms. The maximum Gasteiger partial charge on any atom is 0.259 e. The van der Waals surface area contributed by atoms with E-state index in [0.29, 0.717) is 28.7 Å². The minimum atomic E-state index is -0.417. The Kier molecular flexibility index (Phi) is 4.40. The first-order chi connectivity index (χ1) is 13.2. The van der Waals surface area contributed by atoms with Crippen LogP contribution < -0.4 is 5.32 Å². The third-order valence-electron chi connectivity index (χ3n) is 3.63. The molecule has 9 heteroatoms. The van der Waals surface area contributed by atoms with Gasteiger partial charge in [0.2, 0.25) is 11.7 Å². The Morgan fingerprint density at radius 1 is 1.26 bits per heavy atom. The number of carbonyl (C=O) groups is 1. The van der Waals surface area contributed by atoms with E-state index in [1.807, 2.05) is 0 Å². The molecule has 27 heavy (non-hydrogen) atoms. The molecule has 8 nitrogen and oxygen atoms in total. The molecule has 1 amide bonds. The summed E-state index contributed by atoms with van der Waals surface area (Å²) in [6.45, 7) is 0.0107. The second-order valence-electron chi connectivity index (χ2n) is 5.65. The molecule has 0 aliphatic carbocycles. The van der Waals surface area contributed by atoms with Crippen LogP contribution in [0.15, 0.2) is 65.8 Å². The van der Waals surface area contributed by atoms with Gasteiger partial charge < -0.3 is 14.4 Å². The molecule has 0 unspecified atom stereocenters. The normalized spacial score (nSPS) is 10.7. The van der Waals surface area contributed by atoms with Crippen molar-refractivity contribution in [3.05, 3.63) is 67.1 Å². The highest BCUT2D eigenvalue weighted by atomic mass is 19.1. The Morgan fingerprint density at radius 2 is 2.19 bits per heavy atom. The van der Waals surface area contributed by atoms with Crippen LogP contribution in [-0.4, -0.2) is 30.6 Å². The molecule has 1 aromatic carbocycles. The largest absolute Gasteiger partial charge is 0.333 e. The zero-order valence-electron chi connectivity index (χ0n) is 13.9. The van der Waals surface area contributed by atoms with Crippen LogP contribution in [0, 0.1) is 5.82 Å². The molecule has 0 aliphatic rings. The number of aromatic nitrogens is 5. The fraction of sp³-hybridized carbons (Fsp3) is 0.0556. The number of nitrogens with one attached hydrogen (secondary N) is 1. The van der Waals surface area contributed by atoms with Crippen LogP contribution in [0.2, 0.25) is 0 Å². The fourth-order valence-corrected chi connectivity index (χ4v) is 2.43. The summed E-state index contributed by atoms with van der Waals surface area (Å²) in [6, 6.07) is 9.26. The lowest BCUT2D eigenvalue weighted by molar-refractivity contribution is -0.116. The van der Waals surface area contributed by atoms with Crippen molar-refractivity contribution in [1.29, 1.82) is 0 Å². The van der Waals surface area contributed by atoms with E-state index >= 15 is 0 Å². The topological polar surface area (TPSA) is 98.7 Å². The third-order valence-corrected chi connectivity index (χ3v) is 3.63. The monoisotopic (exact) mass is 364 g/mol. The summed E-state index contributed by atoms with van der Waals surface area (Å²) in [5, 5.41) is 6.52. The van der Waals surface area contributed by atoms with Crippen LogP contribution >= 0.6 is 0 Å². The van der Waals surface area contributed by atoms with Crippen molar-refractivity contribution in [2.24, 2.45) is 0 Å². The van der Waals surface area contributed by atoms with Crippen LogP contribution in [0.4, 0.5) is 10.1 Å². The average Bonchev–Trinajstić information content (AvgIpc) is 3.32. The number of benzene rings is 1. The molecule has 4 aromatic rings. The molecule has 3 heterocycles. The van der Waals surface area contributed by atoms with Gasteiger partial charge in [0, 0.05) is 24.3 Å². The molecule has 0 spiro atoms. The number of nitrogens with zero attached hydrogens (tertiary/aromatic N) is 5. The second-order valence-corrected chi connectivity index (χ2v) is 5.65. The van der Waals surface area contributed by atoms with Gasteiger partial charge in [-0.05, 0) is 30.3 Å². The summed E-state index contributed by atoms with van der Waals surface area (Å²) < 4.78 is 20.0. The van der Waals surface area contributed by atoms with Gasteiger partial charge in [-0.15, -0.1) is 0 Å². The van der Waals surface area contributed by atoms with Crippen molar-refractivity contribution in [2.45, 2.75) is 6.54 Å². The number of anilines is 1. The van der Waals surface area contributed by atoms with E-state index in [-0.39, 0.29) is 12.5 Å². The zero-order chi connectivity index (χ0) is 18.6. The standard InChI is InChI=1S/C18H13FN6O2/c19-13-4-1-5-14(7-13)22-16(26)10-25-9-15(21-11-25)17-23-18(27-24-17)12-3-2-6-20-8-12/h1-9,11H,10H2,(H,22,26). The summed E-state index contributed by atoms with van der Waals surface area (Å²) in [6.07, 6.45) is 6.38. The summed E-state index contributed by atoms with van der Waals surface area (Å²) in [7, 11) is 0. The van der Waals surface area contributed by atoms with Gasteiger partial charge >= 0.3 is 0 Å². The molecule has 134 valence electrons. The average molecular weight is 364 g/mol. The first-order valence-corrected chi connectivity index (χ1v) is 7.99. The fourth-order valence-electron chi connectivity index (χ4n) is 2.43. The van der Waals surface area contributed by atoms with Gasteiger partial charge in [0.25, 0.3) is 5.89 Å². The lowest BCUT2D eigenvalue weighted by Crippen LogP contribution is -2.17. The van der Waals surface area contributed by atoms with Crippen LogP contribution in [0.3, 0.4) is 0 Å². The van der Waals surface area contributed by atoms with Crippen molar-refractivity contribution in [2.75, 3.05) is 5.32 Å².